The van der Waals surface area contributed by atoms with E-state index in [1.807, 2.05) is 12.5 Å². The van der Waals surface area contributed by atoms with Crippen LogP contribution in [0.15, 0.2) is 92.5 Å². The van der Waals surface area contributed by atoms with Gasteiger partial charge in [-0.3, -0.25) is 44.2 Å². The number of anilines is 3. The molecule has 0 aliphatic carbocycles. The van der Waals surface area contributed by atoms with E-state index in [9.17, 15) is 54.3 Å². The Balaban J connectivity index is 0.00000137. The van der Waals surface area contributed by atoms with Gasteiger partial charge in [0.05, 0.1) is 24.9 Å². The van der Waals surface area contributed by atoms with E-state index in [0.717, 1.165) is 34.0 Å². The molecule has 35 nitrogen and oxygen atoms in total. The SMILES string of the molecule is C=CCOC(=O)Nc1ccn(C2OC(CO)C(O)C2O)c(=O)n1.C=CCOC(=O)Nc1ccn(C2OC(COP(=O)(OCc3ccc([N+](=O)[O-])o3)N(C)CCCCCl)C(O)C2O)c(=O)n1.CC(C)(C)OO.CNCCCCCl.Cl.ClP(Cl)Cl.OCc1ccc(NOO)o1. The van der Waals surface area contributed by atoms with Crippen LogP contribution in [0.1, 0.15) is 70.4 Å². The first-order chi connectivity index (χ1) is 43.5. The lowest BCUT2D eigenvalue weighted by atomic mass is 10.1. The second-order valence-electron chi connectivity index (χ2n) is 19.1. The minimum atomic E-state index is -4.11. The number of alkyl halides is 2. The topological polar surface area (TPSA) is 477 Å². The Morgan fingerprint density at radius 3 is 1.68 bits per heavy atom. The number of carbonyl (C=O) groups is 2. The number of amides is 2. The van der Waals surface area contributed by atoms with E-state index in [1.54, 1.807) is 26.8 Å². The van der Waals surface area contributed by atoms with E-state index in [2.05, 4.69) is 53.7 Å². The molecule has 2 fully saturated rings. The summed E-state index contributed by atoms with van der Waals surface area (Å²) in [5.41, 5.74) is -0.102. The predicted molar refractivity (Wildman–Crippen MR) is 344 cm³/mol. The molecule has 4 aromatic heterocycles. The van der Waals surface area contributed by atoms with Crippen molar-refractivity contribution in [2.75, 3.05) is 81.5 Å². The fraction of sp³-hybridized carbons (Fsp3) is 0.560. The molecule has 9 unspecified atom stereocenters. The highest BCUT2D eigenvalue weighted by molar-refractivity contribution is 8.20. The number of aliphatic hydroxyl groups excluding tert-OH is 6. The van der Waals surface area contributed by atoms with Crippen LogP contribution in [0, 0.1) is 10.1 Å². The third kappa shape index (κ3) is 34.2. The van der Waals surface area contributed by atoms with Gasteiger partial charge in [0, 0.05) is 36.8 Å². The number of ether oxygens (including phenoxy) is 4. The fourth-order valence-corrected chi connectivity index (χ4v) is 8.57. The number of nitro groups is 1. The van der Waals surface area contributed by atoms with Gasteiger partial charge < -0.3 is 63.7 Å². The molecule has 2 aliphatic rings. The van der Waals surface area contributed by atoms with E-state index in [-0.39, 0.29) is 62.1 Å². The number of unbranched alkanes of at least 4 members (excludes halogenated alkanes) is 2. The highest BCUT2D eigenvalue weighted by Gasteiger charge is 2.46. The molecule has 9 atom stereocenters. The van der Waals surface area contributed by atoms with Crippen molar-refractivity contribution >= 4 is 119 Å². The van der Waals surface area contributed by atoms with E-state index in [0.29, 0.717) is 24.5 Å². The van der Waals surface area contributed by atoms with Gasteiger partial charge >= 0.3 is 37.2 Å². The van der Waals surface area contributed by atoms with Gasteiger partial charge in [-0.15, -0.1) is 40.6 Å². The van der Waals surface area contributed by atoms with Crippen LogP contribution in [-0.4, -0.2) is 190 Å². The van der Waals surface area contributed by atoms with Crippen LogP contribution in [-0.2, 0) is 55.6 Å². The molecule has 43 heteroatoms. The summed E-state index contributed by atoms with van der Waals surface area (Å²) in [6.45, 7) is 11.7. The second-order valence-corrected chi connectivity index (χ2v) is 27.0. The van der Waals surface area contributed by atoms with E-state index in [4.69, 9.17) is 110 Å². The number of nitrogens with zero attached hydrogens (tertiary/aromatic N) is 6. The number of aromatic nitrogens is 4. The molecular weight excluding hydrogens is 1420 g/mol. The lowest BCUT2D eigenvalue weighted by molar-refractivity contribution is -0.402. The number of aliphatic hydroxyl groups is 6. The highest BCUT2D eigenvalue weighted by Crippen LogP contribution is 2.53. The summed E-state index contributed by atoms with van der Waals surface area (Å²) in [6, 6.07) is 8.03. The first-order valence-electron chi connectivity index (χ1n) is 26.9. The van der Waals surface area contributed by atoms with Gasteiger partial charge in [0.25, 0.3) is 0 Å². The summed E-state index contributed by atoms with van der Waals surface area (Å²) in [6.07, 6.45) is -3.82. The van der Waals surface area contributed by atoms with Crippen molar-refractivity contribution in [1.29, 1.82) is 0 Å². The third-order valence-corrected chi connectivity index (χ3v) is 13.6. The van der Waals surface area contributed by atoms with Crippen molar-refractivity contribution < 1.29 is 107 Å². The highest BCUT2D eigenvalue weighted by atomic mass is 36.0. The van der Waals surface area contributed by atoms with Crippen molar-refractivity contribution in [3.05, 3.63) is 117 Å². The maximum absolute atomic E-state index is 13.7. The zero-order valence-electron chi connectivity index (χ0n) is 50.6. The van der Waals surface area contributed by atoms with Crippen LogP contribution in [0.4, 0.5) is 33.0 Å². The fourth-order valence-electron chi connectivity index (χ4n) is 6.72. The van der Waals surface area contributed by atoms with Crippen LogP contribution in [0.2, 0.25) is 0 Å². The molecule has 6 heterocycles. The summed E-state index contributed by atoms with van der Waals surface area (Å²) in [7, 11) is -0.688. The Morgan fingerprint density at radius 1 is 0.796 bits per heavy atom. The van der Waals surface area contributed by atoms with Gasteiger partial charge in [0.1, 0.15) is 91.1 Å². The van der Waals surface area contributed by atoms with Crippen molar-refractivity contribution in [3.8, 4) is 0 Å². The molecule has 0 aromatic carbocycles. The van der Waals surface area contributed by atoms with Crippen molar-refractivity contribution in [1.82, 2.24) is 29.1 Å². The molecule has 530 valence electrons. The Bertz CT molecular complexity index is 2950. The number of nitrogens with one attached hydrogen (secondary N) is 4. The predicted octanol–water partition coefficient (Wildman–Crippen LogP) is 7.42. The zero-order valence-corrected chi connectivity index (χ0v) is 57.0. The van der Waals surface area contributed by atoms with Crippen LogP contribution in [0.5, 0.6) is 0 Å². The van der Waals surface area contributed by atoms with E-state index in [1.165, 1.54) is 67.0 Å². The minimum Gasteiger partial charge on any atom is -0.445 e. The average Bonchev–Trinajstić information content (AvgIpc) is 1.70. The monoisotopic (exact) mass is 1490 g/mol. The van der Waals surface area contributed by atoms with Crippen LogP contribution in [0.3, 0.4) is 0 Å². The lowest BCUT2D eigenvalue weighted by Gasteiger charge is -2.28. The molecular formula is C50H78Cl6N10O25P2. The van der Waals surface area contributed by atoms with Crippen LogP contribution < -0.4 is 32.8 Å². The van der Waals surface area contributed by atoms with Crippen LogP contribution >= 0.6 is 83.1 Å². The number of furan rings is 2. The molecule has 4 aromatic rings. The van der Waals surface area contributed by atoms with Gasteiger partial charge in [-0.05, 0) is 91.4 Å². The van der Waals surface area contributed by atoms with E-state index >= 15 is 0 Å². The lowest BCUT2D eigenvalue weighted by Crippen LogP contribution is -2.36. The maximum Gasteiger partial charge on any atom is 0.433 e. The zero-order chi connectivity index (χ0) is 69.6. The number of rotatable bonds is 28. The van der Waals surface area contributed by atoms with Gasteiger partial charge in [-0.2, -0.15) is 9.97 Å². The van der Waals surface area contributed by atoms with Crippen molar-refractivity contribution in [2.45, 2.75) is 114 Å². The largest absolute Gasteiger partial charge is 0.445 e. The normalized spacial score (nSPS) is 19.3. The van der Waals surface area contributed by atoms with Gasteiger partial charge in [-0.25, -0.2) is 44.0 Å². The standard InChI is InChI=1S/C23H31ClN5O12P.C13H17N3O7.C5H12ClN.C5H7NO4.C4H10O2.Cl3P.ClH/c1-3-12-37-23(33)26-17-8-11-28(22(32)25-17)21-20(31)19(30)16(41-21)14-39-42(36,27(2)10-5-4-9-24)38-13-15-6-7-18(40-15)29(34)35;1-2-5-22-13(21)15-8-3-4-16(12(20)14-8)11-10(19)9(18)7(6-17)23-11;1-7-5-3-2-4-6;7-3-4-1-2-5(9-4)6-10-8;1-4(2,3)6-5;1-4(2)3;/h3,6-8,11,16,19-21,30-31H,1,4-5,9-10,12-14H2,2H3,(H,25,26,32,33);2-4,7,9-11,17-19H,1,5-6H2,(H,14,15,20,21);7H,2-5H2,1H3;1-2,6-8H,3H2;5H,1-3H3;;1H. The minimum absolute atomic E-state index is 0. The Hall–Kier alpha value is -4.70. The molecule has 0 bridgehead atoms. The Kier molecular flexibility index (Phi) is 45.6. The van der Waals surface area contributed by atoms with Crippen molar-refractivity contribution in [3.63, 3.8) is 0 Å². The van der Waals surface area contributed by atoms with Gasteiger partial charge in [-0.1, -0.05) is 59.0 Å². The molecule has 0 spiro atoms. The summed E-state index contributed by atoms with van der Waals surface area (Å²) >= 11 is 25.7. The second kappa shape index (κ2) is 48.1. The molecule has 93 heavy (non-hydrogen) atoms. The third-order valence-electron chi connectivity index (χ3n) is 11.1. The summed E-state index contributed by atoms with van der Waals surface area (Å²) in [4.78, 5) is 72.5. The molecule has 6 rings (SSSR count). The molecule has 0 saturated carbocycles. The van der Waals surface area contributed by atoms with Gasteiger partial charge in [0.2, 0.25) is 5.88 Å². The smallest absolute Gasteiger partial charge is 0.433 e. The molecule has 12 N–H and O–H groups in total. The summed E-state index contributed by atoms with van der Waals surface area (Å²) < 4.78 is 58.2. The number of hydrogen-bond acceptors (Lipinski definition) is 29. The molecule has 2 aliphatic heterocycles. The number of carbonyl (C=O) groups excluding carboxylic acids is 2. The van der Waals surface area contributed by atoms with E-state index < -0.39 is 123 Å². The molecule has 2 amide bonds. The first kappa shape index (κ1) is 88.3. The molecule has 0 radical (unpaired) electrons. The quantitative estimate of drug-likeness (QED) is 0.00500. The number of hydrogen-bond donors (Lipinski definition) is 12. The summed E-state index contributed by atoms with van der Waals surface area (Å²) in [5, 5.41) is 92.5. The average molecular weight is 1490 g/mol. The molecule has 2 saturated heterocycles. The first-order valence-corrected chi connectivity index (χ1v) is 33.5. The Labute approximate surface area is 564 Å². The van der Waals surface area contributed by atoms with Gasteiger partial charge in [0.15, 0.2) is 18.4 Å². The number of halogens is 6. The maximum atomic E-state index is 13.7. The summed E-state index contributed by atoms with van der Waals surface area (Å²) in [5.74, 6) is -0.0722. The van der Waals surface area contributed by atoms with Crippen LogP contribution in [0.25, 0.3) is 0 Å². The Morgan fingerprint density at radius 2 is 1.28 bits per heavy atom. The van der Waals surface area contributed by atoms with Crippen molar-refractivity contribution in [2.24, 2.45) is 0 Å².